The minimum Gasteiger partial charge on any atom is -0.347 e. The Balaban J connectivity index is 2.03. The standard InChI is InChI=1S/C13H10ClFN2O/c14-11-5-2-6-16-12(11)13(18)17-8-9-3-1-4-10(15)7-9/h1-7H,8H2,(H,17,18). The van der Waals surface area contributed by atoms with Gasteiger partial charge < -0.3 is 5.32 Å². The molecule has 5 heteroatoms. The van der Waals surface area contributed by atoms with E-state index in [2.05, 4.69) is 10.3 Å². The maximum atomic E-state index is 12.9. The van der Waals surface area contributed by atoms with Crippen molar-refractivity contribution in [3.63, 3.8) is 0 Å². The van der Waals surface area contributed by atoms with Gasteiger partial charge in [0.05, 0.1) is 5.02 Å². The molecule has 0 saturated carbocycles. The molecule has 0 unspecified atom stereocenters. The highest BCUT2D eigenvalue weighted by atomic mass is 35.5. The number of carbonyl (C=O) groups excluding carboxylic acids is 1. The van der Waals surface area contributed by atoms with Crippen LogP contribution in [0.15, 0.2) is 42.6 Å². The Kier molecular flexibility index (Phi) is 3.89. The Hall–Kier alpha value is -1.94. The van der Waals surface area contributed by atoms with Crippen LogP contribution in [0.3, 0.4) is 0 Å². The number of amides is 1. The fourth-order valence-electron chi connectivity index (χ4n) is 1.47. The van der Waals surface area contributed by atoms with Crippen LogP contribution in [0.2, 0.25) is 5.02 Å². The fourth-order valence-corrected chi connectivity index (χ4v) is 1.67. The highest BCUT2D eigenvalue weighted by molar-refractivity contribution is 6.33. The van der Waals surface area contributed by atoms with Crippen LogP contribution in [0.25, 0.3) is 0 Å². The molecular formula is C13H10ClFN2O. The Labute approximate surface area is 109 Å². The first kappa shape index (κ1) is 12.5. The number of benzene rings is 1. The lowest BCUT2D eigenvalue weighted by Gasteiger charge is -2.05. The second-order valence-corrected chi connectivity index (χ2v) is 4.05. The zero-order valence-corrected chi connectivity index (χ0v) is 10.1. The van der Waals surface area contributed by atoms with Crippen molar-refractivity contribution >= 4 is 17.5 Å². The molecule has 0 aliphatic rings. The van der Waals surface area contributed by atoms with Gasteiger partial charge in [0, 0.05) is 12.7 Å². The summed E-state index contributed by atoms with van der Waals surface area (Å²) < 4.78 is 12.9. The van der Waals surface area contributed by atoms with Crippen LogP contribution in [0.5, 0.6) is 0 Å². The van der Waals surface area contributed by atoms with E-state index in [9.17, 15) is 9.18 Å². The summed E-state index contributed by atoms with van der Waals surface area (Å²) in [5, 5.41) is 2.92. The van der Waals surface area contributed by atoms with Crippen LogP contribution in [0.1, 0.15) is 16.1 Å². The molecule has 0 aliphatic heterocycles. The summed E-state index contributed by atoms with van der Waals surface area (Å²) in [7, 11) is 0. The third-order valence-electron chi connectivity index (χ3n) is 2.32. The molecule has 1 aromatic carbocycles. The van der Waals surface area contributed by atoms with E-state index < -0.39 is 0 Å². The van der Waals surface area contributed by atoms with E-state index in [1.54, 1.807) is 24.3 Å². The van der Waals surface area contributed by atoms with Crippen molar-refractivity contribution in [3.8, 4) is 0 Å². The molecule has 1 N–H and O–H groups in total. The van der Waals surface area contributed by atoms with Gasteiger partial charge in [0.25, 0.3) is 5.91 Å². The SMILES string of the molecule is O=C(NCc1cccc(F)c1)c1ncccc1Cl. The number of nitrogens with one attached hydrogen (secondary N) is 1. The van der Waals surface area contributed by atoms with Crippen LogP contribution >= 0.6 is 11.6 Å². The predicted molar refractivity (Wildman–Crippen MR) is 66.8 cm³/mol. The van der Waals surface area contributed by atoms with E-state index in [0.29, 0.717) is 5.56 Å². The van der Waals surface area contributed by atoms with Crippen molar-refractivity contribution in [1.82, 2.24) is 10.3 Å². The van der Waals surface area contributed by atoms with Crippen molar-refractivity contribution in [3.05, 3.63) is 64.7 Å². The summed E-state index contributed by atoms with van der Waals surface area (Å²) >= 11 is 5.84. The molecule has 0 atom stereocenters. The van der Waals surface area contributed by atoms with Gasteiger partial charge in [0.1, 0.15) is 11.5 Å². The summed E-state index contributed by atoms with van der Waals surface area (Å²) in [6.07, 6.45) is 1.49. The lowest BCUT2D eigenvalue weighted by molar-refractivity contribution is 0.0946. The van der Waals surface area contributed by atoms with E-state index in [0.717, 1.165) is 0 Å². The molecule has 0 spiro atoms. The van der Waals surface area contributed by atoms with Gasteiger partial charge >= 0.3 is 0 Å². The monoisotopic (exact) mass is 264 g/mol. The third-order valence-corrected chi connectivity index (χ3v) is 2.62. The molecule has 0 aliphatic carbocycles. The third kappa shape index (κ3) is 3.05. The molecule has 3 nitrogen and oxygen atoms in total. The molecule has 0 radical (unpaired) electrons. The number of hydrogen-bond donors (Lipinski definition) is 1. The van der Waals surface area contributed by atoms with Crippen molar-refractivity contribution in [2.45, 2.75) is 6.54 Å². The first-order valence-corrected chi connectivity index (χ1v) is 5.68. The molecule has 0 saturated heterocycles. The molecule has 2 rings (SSSR count). The molecule has 0 fully saturated rings. The van der Waals surface area contributed by atoms with E-state index in [4.69, 9.17) is 11.6 Å². The van der Waals surface area contributed by atoms with Crippen LogP contribution in [0.4, 0.5) is 4.39 Å². The smallest absolute Gasteiger partial charge is 0.271 e. The van der Waals surface area contributed by atoms with Crippen molar-refractivity contribution < 1.29 is 9.18 Å². The number of halogens is 2. The van der Waals surface area contributed by atoms with Gasteiger partial charge in [-0.05, 0) is 29.8 Å². The first-order chi connectivity index (χ1) is 8.66. The zero-order chi connectivity index (χ0) is 13.0. The Bertz CT molecular complexity index is 574. The van der Waals surface area contributed by atoms with Crippen molar-refractivity contribution in [2.24, 2.45) is 0 Å². The summed E-state index contributed by atoms with van der Waals surface area (Å²) in [6.45, 7) is 0.226. The lowest BCUT2D eigenvalue weighted by Crippen LogP contribution is -2.24. The molecule has 18 heavy (non-hydrogen) atoms. The second-order valence-electron chi connectivity index (χ2n) is 3.65. The van der Waals surface area contributed by atoms with Crippen LogP contribution in [-0.2, 0) is 6.54 Å². The lowest BCUT2D eigenvalue weighted by atomic mass is 10.2. The van der Waals surface area contributed by atoms with E-state index >= 15 is 0 Å². The quantitative estimate of drug-likeness (QED) is 0.926. The molecule has 92 valence electrons. The maximum absolute atomic E-state index is 12.9. The van der Waals surface area contributed by atoms with Gasteiger partial charge in [-0.25, -0.2) is 9.37 Å². The summed E-state index contributed by atoms with van der Waals surface area (Å²) in [5.74, 6) is -0.720. The van der Waals surface area contributed by atoms with Gasteiger partial charge in [-0.3, -0.25) is 4.79 Å². The number of pyridine rings is 1. The van der Waals surface area contributed by atoms with E-state index in [-0.39, 0.29) is 29.0 Å². The number of nitrogens with zero attached hydrogens (tertiary/aromatic N) is 1. The van der Waals surface area contributed by atoms with Gasteiger partial charge in [-0.15, -0.1) is 0 Å². The zero-order valence-electron chi connectivity index (χ0n) is 9.36. The van der Waals surface area contributed by atoms with Gasteiger partial charge in [0.2, 0.25) is 0 Å². The Morgan fingerprint density at radius 1 is 1.33 bits per heavy atom. The number of carbonyl (C=O) groups is 1. The summed E-state index contributed by atoms with van der Waals surface area (Å²) in [5.41, 5.74) is 0.839. The van der Waals surface area contributed by atoms with Gasteiger partial charge in [-0.1, -0.05) is 23.7 Å². The Morgan fingerprint density at radius 2 is 2.17 bits per heavy atom. The normalized spacial score (nSPS) is 10.1. The van der Waals surface area contributed by atoms with Crippen molar-refractivity contribution in [2.75, 3.05) is 0 Å². The molecule has 1 aromatic heterocycles. The average molecular weight is 265 g/mol. The minimum absolute atomic E-state index is 0.163. The van der Waals surface area contributed by atoms with E-state index in [1.807, 2.05) is 0 Å². The topological polar surface area (TPSA) is 42.0 Å². The van der Waals surface area contributed by atoms with Gasteiger partial charge in [-0.2, -0.15) is 0 Å². The number of hydrogen-bond acceptors (Lipinski definition) is 2. The average Bonchev–Trinajstić information content (AvgIpc) is 2.37. The molecule has 1 amide bonds. The summed E-state index contributed by atoms with van der Waals surface area (Å²) in [6, 6.07) is 9.26. The van der Waals surface area contributed by atoms with Gasteiger partial charge in [0.15, 0.2) is 0 Å². The van der Waals surface area contributed by atoms with E-state index in [1.165, 1.54) is 18.3 Å². The maximum Gasteiger partial charge on any atom is 0.271 e. The molecule has 0 bridgehead atoms. The second kappa shape index (κ2) is 5.60. The fraction of sp³-hybridized carbons (Fsp3) is 0.0769. The highest BCUT2D eigenvalue weighted by Gasteiger charge is 2.10. The minimum atomic E-state index is -0.384. The first-order valence-electron chi connectivity index (χ1n) is 5.30. The largest absolute Gasteiger partial charge is 0.347 e. The molecule has 2 aromatic rings. The predicted octanol–water partition coefficient (Wildman–Crippen LogP) is 2.80. The molecular weight excluding hydrogens is 255 g/mol. The number of aromatic nitrogens is 1. The summed E-state index contributed by atoms with van der Waals surface area (Å²) in [4.78, 5) is 15.7. The highest BCUT2D eigenvalue weighted by Crippen LogP contribution is 2.12. The Morgan fingerprint density at radius 3 is 2.89 bits per heavy atom. The molecule has 1 heterocycles. The van der Waals surface area contributed by atoms with Crippen LogP contribution in [-0.4, -0.2) is 10.9 Å². The van der Waals surface area contributed by atoms with Crippen LogP contribution < -0.4 is 5.32 Å². The van der Waals surface area contributed by atoms with Crippen molar-refractivity contribution in [1.29, 1.82) is 0 Å². The van der Waals surface area contributed by atoms with Crippen LogP contribution in [0, 0.1) is 5.82 Å². The number of rotatable bonds is 3.